The van der Waals surface area contributed by atoms with E-state index in [-0.39, 0.29) is 36.0 Å². The predicted molar refractivity (Wildman–Crippen MR) is 128 cm³/mol. The van der Waals surface area contributed by atoms with Gasteiger partial charge in [0, 0.05) is 25.1 Å². The fourth-order valence-electron chi connectivity index (χ4n) is 5.19. The third kappa shape index (κ3) is 4.37. The second kappa shape index (κ2) is 9.25. The normalized spacial score (nSPS) is 18.5. The number of aromatic nitrogens is 2. The number of ether oxygens (including phenoxy) is 1. The van der Waals surface area contributed by atoms with Crippen molar-refractivity contribution in [3.05, 3.63) is 71.4 Å². The molecule has 0 aliphatic heterocycles. The molecule has 2 aliphatic rings. The summed E-state index contributed by atoms with van der Waals surface area (Å²) in [5.74, 6) is -1.76. The Bertz CT molecular complexity index is 1250. The molecule has 0 bridgehead atoms. The zero-order chi connectivity index (χ0) is 24.5. The second-order valence-corrected chi connectivity index (χ2v) is 8.95. The van der Waals surface area contributed by atoms with Crippen LogP contribution in [0, 0.1) is 5.92 Å². The highest BCUT2D eigenvalue weighted by atomic mass is 16.5. The summed E-state index contributed by atoms with van der Waals surface area (Å²) in [6.07, 6.45) is 1.50. The molecule has 3 aromatic rings. The van der Waals surface area contributed by atoms with Gasteiger partial charge in [0.15, 0.2) is 5.82 Å². The van der Waals surface area contributed by atoms with E-state index in [1.165, 1.54) is 17.8 Å². The smallest absolute Gasteiger partial charge is 0.407 e. The second-order valence-electron chi connectivity index (χ2n) is 8.95. The number of hydrogen-bond acceptors (Lipinski definition) is 5. The lowest BCUT2D eigenvalue weighted by Gasteiger charge is -2.21. The minimum absolute atomic E-state index is 0.0277. The third-order valence-corrected chi connectivity index (χ3v) is 6.85. The number of aryl methyl sites for hydroxylation is 1. The van der Waals surface area contributed by atoms with Crippen LogP contribution in [-0.2, 0) is 16.6 Å². The van der Waals surface area contributed by atoms with Crippen molar-refractivity contribution in [2.24, 2.45) is 13.0 Å². The van der Waals surface area contributed by atoms with Gasteiger partial charge in [-0.3, -0.25) is 9.48 Å². The topological polar surface area (TPSA) is 123 Å². The summed E-state index contributed by atoms with van der Waals surface area (Å²) in [7, 11) is 1.50. The number of carboxylic acids is 1. The number of benzene rings is 2. The van der Waals surface area contributed by atoms with E-state index in [4.69, 9.17) is 9.84 Å². The minimum Gasteiger partial charge on any atom is -0.477 e. The zero-order valence-electron chi connectivity index (χ0n) is 19.2. The van der Waals surface area contributed by atoms with Gasteiger partial charge in [-0.05, 0) is 35.1 Å². The number of rotatable bonds is 6. The summed E-state index contributed by atoms with van der Waals surface area (Å²) in [5, 5.41) is 18.7. The van der Waals surface area contributed by atoms with Crippen LogP contribution >= 0.6 is 0 Å². The summed E-state index contributed by atoms with van der Waals surface area (Å²) in [4.78, 5) is 36.7. The molecule has 0 spiro atoms. The van der Waals surface area contributed by atoms with E-state index in [9.17, 15) is 14.4 Å². The minimum atomic E-state index is -1.13. The maximum Gasteiger partial charge on any atom is 0.407 e. The number of nitrogens with one attached hydrogen (secondary N) is 2. The fraction of sp³-hybridized carbons (Fsp3) is 0.308. The van der Waals surface area contributed by atoms with Gasteiger partial charge in [0.2, 0.25) is 5.91 Å². The Morgan fingerprint density at radius 3 is 2.34 bits per heavy atom. The average Bonchev–Trinajstić information content (AvgIpc) is 3.53. The fourth-order valence-corrected chi connectivity index (χ4v) is 5.19. The van der Waals surface area contributed by atoms with E-state index in [1.807, 2.05) is 24.3 Å². The van der Waals surface area contributed by atoms with Crippen LogP contribution in [0.1, 0.15) is 46.8 Å². The monoisotopic (exact) mass is 474 g/mol. The third-order valence-electron chi connectivity index (χ3n) is 6.85. The number of amides is 2. The number of fused-ring (bicyclic) bond motifs is 3. The standard InChI is InChI=1S/C26H26N4O5/c1-30-22(25(32)33)13-23(29-30)28-24(31)19-11-6-12-21(19)27-26(34)35-14-20-17-9-4-2-7-15(17)16-8-3-5-10-18(16)20/h2-5,7-10,13,19-21H,6,11-12,14H2,1H3,(H,27,34)(H,32,33)(H,28,29,31)/t19-,21+/m1/s1. The van der Waals surface area contributed by atoms with Gasteiger partial charge in [0.05, 0.1) is 5.92 Å². The molecule has 2 aliphatic carbocycles. The van der Waals surface area contributed by atoms with Crippen LogP contribution in [0.15, 0.2) is 54.6 Å². The lowest BCUT2D eigenvalue weighted by atomic mass is 9.98. The molecule has 2 atom stereocenters. The van der Waals surface area contributed by atoms with E-state index in [1.54, 1.807) is 0 Å². The quantitative estimate of drug-likeness (QED) is 0.500. The Balaban J connectivity index is 1.20. The molecule has 1 heterocycles. The van der Waals surface area contributed by atoms with Gasteiger partial charge in [-0.2, -0.15) is 5.10 Å². The molecule has 1 aromatic heterocycles. The molecule has 0 radical (unpaired) electrons. The Morgan fingerprint density at radius 1 is 1.06 bits per heavy atom. The molecule has 5 rings (SSSR count). The molecule has 35 heavy (non-hydrogen) atoms. The molecule has 2 aromatic carbocycles. The molecule has 180 valence electrons. The van der Waals surface area contributed by atoms with Gasteiger partial charge < -0.3 is 20.5 Å². The van der Waals surface area contributed by atoms with Crippen LogP contribution in [0.25, 0.3) is 11.1 Å². The number of nitrogens with zero attached hydrogens (tertiary/aromatic N) is 2. The molecular formula is C26H26N4O5. The zero-order valence-corrected chi connectivity index (χ0v) is 19.2. The highest BCUT2D eigenvalue weighted by molar-refractivity contribution is 5.94. The predicted octanol–water partition coefficient (Wildman–Crippen LogP) is 3.76. The number of carbonyl (C=O) groups is 3. The number of anilines is 1. The largest absolute Gasteiger partial charge is 0.477 e. The number of hydrogen-bond donors (Lipinski definition) is 3. The van der Waals surface area contributed by atoms with Crippen LogP contribution in [0.4, 0.5) is 10.6 Å². The summed E-state index contributed by atoms with van der Waals surface area (Å²) in [5.41, 5.74) is 4.56. The maximum atomic E-state index is 12.8. The summed E-state index contributed by atoms with van der Waals surface area (Å²) >= 11 is 0. The number of carboxylic acid groups (broad SMARTS) is 1. The first-order chi connectivity index (χ1) is 16.9. The molecule has 1 fully saturated rings. The van der Waals surface area contributed by atoms with Crippen molar-refractivity contribution in [2.75, 3.05) is 11.9 Å². The summed E-state index contributed by atoms with van der Waals surface area (Å²) in [6, 6.07) is 17.2. The van der Waals surface area contributed by atoms with Gasteiger partial charge in [0.1, 0.15) is 12.3 Å². The van der Waals surface area contributed by atoms with Crippen molar-refractivity contribution in [1.82, 2.24) is 15.1 Å². The maximum absolute atomic E-state index is 12.8. The van der Waals surface area contributed by atoms with E-state index in [0.29, 0.717) is 12.8 Å². The highest BCUT2D eigenvalue weighted by Gasteiger charge is 2.35. The Labute approximate surface area is 202 Å². The molecule has 2 amide bonds. The first-order valence-corrected chi connectivity index (χ1v) is 11.6. The van der Waals surface area contributed by atoms with Gasteiger partial charge in [-0.1, -0.05) is 55.0 Å². The van der Waals surface area contributed by atoms with Crippen molar-refractivity contribution in [2.45, 2.75) is 31.2 Å². The van der Waals surface area contributed by atoms with Gasteiger partial charge in [0.25, 0.3) is 0 Å². The lowest BCUT2D eigenvalue weighted by Crippen LogP contribution is -2.42. The van der Waals surface area contributed by atoms with Crippen molar-refractivity contribution < 1.29 is 24.2 Å². The average molecular weight is 475 g/mol. The number of alkyl carbamates (subject to hydrolysis) is 1. The number of aromatic carboxylic acids is 1. The van der Waals surface area contributed by atoms with Gasteiger partial charge in [-0.25, -0.2) is 9.59 Å². The number of carbonyl (C=O) groups excluding carboxylic acids is 2. The van der Waals surface area contributed by atoms with E-state index in [2.05, 4.69) is 40.0 Å². The first-order valence-electron chi connectivity index (χ1n) is 11.6. The van der Waals surface area contributed by atoms with Crippen molar-refractivity contribution in [1.29, 1.82) is 0 Å². The van der Waals surface area contributed by atoms with Crippen LogP contribution in [0.3, 0.4) is 0 Å². The van der Waals surface area contributed by atoms with Gasteiger partial charge >= 0.3 is 12.1 Å². The van der Waals surface area contributed by atoms with Crippen molar-refractivity contribution in [3.8, 4) is 11.1 Å². The Hall–Kier alpha value is -4.14. The summed E-state index contributed by atoms with van der Waals surface area (Å²) in [6.45, 7) is 0.204. The molecule has 9 nitrogen and oxygen atoms in total. The molecule has 0 unspecified atom stereocenters. The Morgan fingerprint density at radius 2 is 1.71 bits per heavy atom. The van der Waals surface area contributed by atoms with Crippen LogP contribution in [0.2, 0.25) is 0 Å². The lowest BCUT2D eigenvalue weighted by molar-refractivity contribution is -0.120. The van der Waals surface area contributed by atoms with E-state index in [0.717, 1.165) is 28.7 Å². The summed E-state index contributed by atoms with van der Waals surface area (Å²) < 4.78 is 6.82. The molecule has 3 N–H and O–H groups in total. The Kier molecular flexibility index (Phi) is 5.98. The molecule has 0 saturated heterocycles. The van der Waals surface area contributed by atoms with Crippen molar-refractivity contribution in [3.63, 3.8) is 0 Å². The molecular weight excluding hydrogens is 448 g/mol. The highest BCUT2D eigenvalue weighted by Crippen LogP contribution is 2.44. The first kappa shape index (κ1) is 22.6. The van der Waals surface area contributed by atoms with Gasteiger partial charge in [-0.15, -0.1) is 0 Å². The molecule has 1 saturated carbocycles. The SMILES string of the molecule is Cn1nc(NC(=O)[C@@H]2CCC[C@@H]2NC(=O)OCC2c3ccccc3-c3ccccc32)cc1C(=O)O. The molecule has 9 heteroatoms. The van der Waals surface area contributed by atoms with Crippen molar-refractivity contribution >= 4 is 23.8 Å². The van der Waals surface area contributed by atoms with E-state index >= 15 is 0 Å². The van der Waals surface area contributed by atoms with Crippen LogP contribution in [0.5, 0.6) is 0 Å². The van der Waals surface area contributed by atoms with Crippen LogP contribution < -0.4 is 10.6 Å². The van der Waals surface area contributed by atoms with E-state index < -0.39 is 18.0 Å². The van der Waals surface area contributed by atoms with Crippen LogP contribution in [-0.4, -0.2) is 45.5 Å².